The average molecular weight is 358 g/mol. The van der Waals surface area contributed by atoms with Crippen LogP contribution in [-0.4, -0.2) is 30.2 Å². The summed E-state index contributed by atoms with van der Waals surface area (Å²) in [5.74, 6) is 0.474. The van der Waals surface area contributed by atoms with Crippen LogP contribution in [0.5, 0.6) is 17.2 Å². The van der Waals surface area contributed by atoms with Gasteiger partial charge in [0.25, 0.3) is 5.69 Å². The number of phenolic OH excluding ortho intramolecular Hbond substituents is 1. The van der Waals surface area contributed by atoms with Crippen molar-refractivity contribution < 1.29 is 24.3 Å². The molecule has 2 rings (SSSR count). The van der Waals surface area contributed by atoms with E-state index in [4.69, 9.17) is 9.47 Å². The molecule has 8 nitrogen and oxygen atoms in total. The lowest BCUT2D eigenvalue weighted by molar-refractivity contribution is -0.384. The predicted octanol–water partition coefficient (Wildman–Crippen LogP) is 2.65. The Morgan fingerprint density at radius 3 is 2.69 bits per heavy atom. The summed E-state index contributed by atoms with van der Waals surface area (Å²) in [6, 6.07) is 8.88. The number of carbonyl (C=O) groups excluding carboxylic acids is 1. The van der Waals surface area contributed by atoms with Gasteiger partial charge in [-0.05, 0) is 18.2 Å². The number of benzene rings is 2. The number of carbonyl (C=O) groups is 1. The number of phenols is 1. The molecule has 0 heterocycles. The highest BCUT2D eigenvalue weighted by molar-refractivity contribution is 5.92. The standard InChI is InChI=1S/C18H18N2O6/c1-25-16-5-3-4-12(18(16)26-2)6-9-17(22)19-11-13-10-14(20(23)24)7-8-15(13)21/h3-10,21H,11H2,1-2H3,(H,19,22)/b9-6+. The number of nitrogens with one attached hydrogen (secondary N) is 1. The van der Waals surface area contributed by atoms with Gasteiger partial charge in [-0.15, -0.1) is 0 Å². The Morgan fingerprint density at radius 1 is 1.27 bits per heavy atom. The largest absolute Gasteiger partial charge is 0.508 e. The molecule has 26 heavy (non-hydrogen) atoms. The highest BCUT2D eigenvalue weighted by atomic mass is 16.6. The molecular weight excluding hydrogens is 340 g/mol. The molecule has 0 atom stereocenters. The molecular formula is C18H18N2O6. The Morgan fingerprint density at radius 2 is 2.04 bits per heavy atom. The van der Waals surface area contributed by atoms with Crippen LogP contribution in [0.1, 0.15) is 11.1 Å². The average Bonchev–Trinajstić information content (AvgIpc) is 2.64. The highest BCUT2D eigenvalue weighted by Gasteiger charge is 2.11. The summed E-state index contributed by atoms with van der Waals surface area (Å²) in [6.45, 7) is -0.0497. The first kappa shape index (κ1) is 18.8. The Labute approximate surface area is 149 Å². The number of hydrogen-bond acceptors (Lipinski definition) is 6. The smallest absolute Gasteiger partial charge is 0.270 e. The molecule has 2 N–H and O–H groups in total. The number of ether oxygens (including phenoxy) is 2. The van der Waals surface area contributed by atoms with Gasteiger partial charge >= 0.3 is 0 Å². The zero-order chi connectivity index (χ0) is 19.1. The molecule has 0 aliphatic rings. The number of nitro benzene ring substituents is 1. The number of aromatic hydroxyl groups is 1. The number of methoxy groups -OCH3 is 2. The van der Waals surface area contributed by atoms with E-state index in [1.54, 1.807) is 24.3 Å². The number of amides is 1. The number of para-hydroxylation sites is 1. The van der Waals surface area contributed by atoms with E-state index in [1.165, 1.54) is 38.5 Å². The summed E-state index contributed by atoms with van der Waals surface area (Å²) in [4.78, 5) is 22.2. The molecule has 8 heteroatoms. The Balaban J connectivity index is 2.07. The lowest BCUT2D eigenvalue weighted by Gasteiger charge is -2.10. The maximum Gasteiger partial charge on any atom is 0.270 e. The van der Waals surface area contributed by atoms with Crippen LogP contribution >= 0.6 is 0 Å². The van der Waals surface area contributed by atoms with E-state index >= 15 is 0 Å². The molecule has 0 radical (unpaired) electrons. The summed E-state index contributed by atoms with van der Waals surface area (Å²) >= 11 is 0. The second kappa shape index (κ2) is 8.52. The third kappa shape index (κ3) is 4.50. The van der Waals surface area contributed by atoms with E-state index in [0.29, 0.717) is 17.1 Å². The van der Waals surface area contributed by atoms with E-state index in [1.807, 2.05) is 0 Å². The Hall–Kier alpha value is -3.55. The maximum atomic E-state index is 12.0. The number of non-ortho nitro benzene ring substituents is 1. The monoisotopic (exact) mass is 358 g/mol. The molecule has 0 aliphatic heterocycles. The normalized spacial score (nSPS) is 10.5. The van der Waals surface area contributed by atoms with E-state index in [2.05, 4.69) is 5.32 Å². The minimum Gasteiger partial charge on any atom is -0.508 e. The first-order chi connectivity index (χ1) is 12.5. The summed E-state index contributed by atoms with van der Waals surface area (Å²) in [7, 11) is 3.02. The maximum absolute atomic E-state index is 12.0. The van der Waals surface area contributed by atoms with Crippen LogP contribution < -0.4 is 14.8 Å². The molecule has 1 amide bonds. The molecule has 0 unspecified atom stereocenters. The van der Waals surface area contributed by atoms with Crippen molar-refractivity contribution in [3.05, 3.63) is 63.7 Å². The van der Waals surface area contributed by atoms with Crippen LogP contribution in [0.25, 0.3) is 6.08 Å². The van der Waals surface area contributed by atoms with Gasteiger partial charge in [-0.2, -0.15) is 0 Å². The summed E-state index contributed by atoms with van der Waals surface area (Å²) in [5, 5.41) is 23.1. The molecule has 0 bridgehead atoms. The molecule has 2 aromatic carbocycles. The Kier molecular flexibility index (Phi) is 6.15. The zero-order valence-corrected chi connectivity index (χ0v) is 14.3. The quantitative estimate of drug-likeness (QED) is 0.447. The van der Waals surface area contributed by atoms with Crippen LogP contribution in [-0.2, 0) is 11.3 Å². The van der Waals surface area contributed by atoms with Crippen molar-refractivity contribution in [1.29, 1.82) is 0 Å². The lowest BCUT2D eigenvalue weighted by Crippen LogP contribution is -2.20. The van der Waals surface area contributed by atoms with Crippen molar-refractivity contribution in [2.75, 3.05) is 14.2 Å². The fourth-order valence-corrected chi connectivity index (χ4v) is 2.28. The van der Waals surface area contributed by atoms with Gasteiger partial charge in [0.15, 0.2) is 11.5 Å². The fraction of sp³-hybridized carbons (Fsp3) is 0.167. The Bertz CT molecular complexity index is 848. The van der Waals surface area contributed by atoms with Gasteiger partial charge in [-0.1, -0.05) is 12.1 Å². The molecule has 0 spiro atoms. The molecule has 0 aromatic heterocycles. The minimum absolute atomic E-state index is 0.0497. The zero-order valence-electron chi connectivity index (χ0n) is 14.3. The van der Waals surface area contributed by atoms with Crippen LogP contribution in [0.15, 0.2) is 42.5 Å². The summed E-state index contributed by atoms with van der Waals surface area (Å²) in [5.41, 5.74) is 0.740. The number of nitrogens with zero attached hydrogens (tertiary/aromatic N) is 1. The van der Waals surface area contributed by atoms with Crippen LogP contribution in [0.4, 0.5) is 5.69 Å². The van der Waals surface area contributed by atoms with Gasteiger partial charge < -0.3 is 19.9 Å². The molecule has 0 saturated heterocycles. The van der Waals surface area contributed by atoms with Crippen molar-refractivity contribution in [2.24, 2.45) is 0 Å². The van der Waals surface area contributed by atoms with Crippen molar-refractivity contribution in [3.8, 4) is 17.2 Å². The third-order valence-corrected chi connectivity index (χ3v) is 3.57. The van der Waals surface area contributed by atoms with Crippen LogP contribution in [0.2, 0.25) is 0 Å². The SMILES string of the molecule is COc1cccc(/C=C/C(=O)NCc2cc([N+](=O)[O-])ccc2O)c1OC. The van der Waals surface area contributed by atoms with E-state index in [-0.39, 0.29) is 23.5 Å². The van der Waals surface area contributed by atoms with Gasteiger partial charge in [0, 0.05) is 35.9 Å². The molecule has 0 saturated carbocycles. The van der Waals surface area contributed by atoms with Crippen LogP contribution in [0.3, 0.4) is 0 Å². The highest BCUT2D eigenvalue weighted by Crippen LogP contribution is 2.31. The summed E-state index contributed by atoms with van der Waals surface area (Å²) in [6.07, 6.45) is 2.86. The summed E-state index contributed by atoms with van der Waals surface area (Å²) < 4.78 is 10.5. The number of rotatable bonds is 7. The predicted molar refractivity (Wildman–Crippen MR) is 95.2 cm³/mol. The van der Waals surface area contributed by atoms with E-state index in [0.717, 1.165) is 0 Å². The third-order valence-electron chi connectivity index (χ3n) is 3.57. The van der Waals surface area contributed by atoms with E-state index in [9.17, 15) is 20.0 Å². The number of nitro groups is 1. The van der Waals surface area contributed by atoms with Crippen molar-refractivity contribution in [1.82, 2.24) is 5.32 Å². The topological polar surface area (TPSA) is 111 Å². The second-order valence-electron chi connectivity index (χ2n) is 5.20. The van der Waals surface area contributed by atoms with Crippen molar-refractivity contribution in [2.45, 2.75) is 6.54 Å². The molecule has 0 aliphatic carbocycles. The first-order valence-corrected chi connectivity index (χ1v) is 7.59. The van der Waals surface area contributed by atoms with Gasteiger partial charge in [0.1, 0.15) is 5.75 Å². The molecule has 2 aromatic rings. The lowest BCUT2D eigenvalue weighted by atomic mass is 10.1. The molecule has 136 valence electrons. The van der Waals surface area contributed by atoms with Crippen molar-refractivity contribution in [3.63, 3.8) is 0 Å². The number of hydrogen-bond donors (Lipinski definition) is 2. The van der Waals surface area contributed by atoms with Crippen molar-refractivity contribution >= 4 is 17.7 Å². The van der Waals surface area contributed by atoms with Gasteiger partial charge in [-0.25, -0.2) is 0 Å². The first-order valence-electron chi connectivity index (χ1n) is 7.59. The van der Waals surface area contributed by atoms with Crippen LogP contribution in [0, 0.1) is 10.1 Å². The van der Waals surface area contributed by atoms with Gasteiger partial charge in [0.2, 0.25) is 5.91 Å². The minimum atomic E-state index is -0.570. The van der Waals surface area contributed by atoms with Gasteiger partial charge in [0.05, 0.1) is 19.1 Å². The second-order valence-corrected chi connectivity index (χ2v) is 5.20. The van der Waals surface area contributed by atoms with Gasteiger partial charge in [-0.3, -0.25) is 14.9 Å². The fourth-order valence-electron chi connectivity index (χ4n) is 2.28. The molecule has 0 fully saturated rings. The van der Waals surface area contributed by atoms with E-state index < -0.39 is 10.8 Å².